The van der Waals surface area contributed by atoms with Gasteiger partial charge < -0.3 is 10.3 Å². The van der Waals surface area contributed by atoms with Crippen LogP contribution in [0.2, 0.25) is 0 Å². The minimum absolute atomic E-state index is 0.00170. The van der Waals surface area contributed by atoms with E-state index in [4.69, 9.17) is 0 Å². The van der Waals surface area contributed by atoms with Gasteiger partial charge in [-0.1, -0.05) is 20.8 Å². The second kappa shape index (κ2) is 4.16. The number of hydrogen-bond donors (Lipinski definition) is 2. The van der Waals surface area contributed by atoms with Crippen LogP contribution in [0.3, 0.4) is 0 Å². The first-order valence-electron chi connectivity index (χ1n) is 5.53. The molecule has 17 heavy (non-hydrogen) atoms. The highest BCUT2D eigenvalue weighted by molar-refractivity contribution is 5.92. The van der Waals surface area contributed by atoms with E-state index in [1.165, 1.54) is 0 Å². The zero-order chi connectivity index (χ0) is 12.5. The van der Waals surface area contributed by atoms with Gasteiger partial charge in [0.05, 0.1) is 23.7 Å². The highest BCUT2D eigenvalue weighted by Gasteiger charge is 2.16. The fourth-order valence-corrected chi connectivity index (χ4v) is 1.58. The van der Waals surface area contributed by atoms with E-state index in [9.17, 15) is 4.79 Å². The smallest absolute Gasteiger partial charge is 0.224 e. The summed E-state index contributed by atoms with van der Waals surface area (Å²) in [4.78, 5) is 22.8. The molecular weight excluding hydrogens is 216 g/mol. The van der Waals surface area contributed by atoms with Gasteiger partial charge in [-0.05, 0) is 11.5 Å². The van der Waals surface area contributed by atoms with Gasteiger partial charge >= 0.3 is 0 Å². The van der Waals surface area contributed by atoms with Crippen molar-refractivity contribution in [3.05, 3.63) is 18.6 Å². The fraction of sp³-hybridized carbons (Fsp3) is 0.417. The molecule has 5 nitrogen and oxygen atoms in total. The molecule has 0 bridgehead atoms. The van der Waals surface area contributed by atoms with Crippen molar-refractivity contribution in [1.29, 1.82) is 0 Å². The number of hydrogen-bond acceptors (Lipinski definition) is 3. The van der Waals surface area contributed by atoms with Crippen LogP contribution in [0.1, 0.15) is 27.2 Å². The van der Waals surface area contributed by atoms with E-state index in [0.29, 0.717) is 17.8 Å². The molecule has 2 aromatic rings. The number of nitrogens with one attached hydrogen (secondary N) is 2. The number of fused-ring (bicyclic) bond motifs is 1. The van der Waals surface area contributed by atoms with E-state index in [2.05, 4.69) is 20.3 Å². The van der Waals surface area contributed by atoms with Crippen molar-refractivity contribution in [2.45, 2.75) is 27.2 Å². The van der Waals surface area contributed by atoms with E-state index in [1.54, 1.807) is 12.5 Å². The number of imidazole rings is 1. The largest absolute Gasteiger partial charge is 0.343 e. The lowest BCUT2D eigenvalue weighted by atomic mass is 9.92. The van der Waals surface area contributed by atoms with Gasteiger partial charge in [0.25, 0.3) is 0 Å². The molecule has 90 valence electrons. The van der Waals surface area contributed by atoms with Crippen LogP contribution in [0.15, 0.2) is 18.6 Å². The number of pyridine rings is 1. The van der Waals surface area contributed by atoms with E-state index < -0.39 is 0 Å². The number of aromatic nitrogens is 3. The number of amides is 1. The maximum Gasteiger partial charge on any atom is 0.224 e. The summed E-state index contributed by atoms with van der Waals surface area (Å²) in [5.41, 5.74) is 2.14. The summed E-state index contributed by atoms with van der Waals surface area (Å²) in [5, 5.41) is 2.83. The Morgan fingerprint density at radius 1 is 1.41 bits per heavy atom. The Morgan fingerprint density at radius 3 is 2.88 bits per heavy atom. The summed E-state index contributed by atoms with van der Waals surface area (Å²) in [6, 6.07) is 1.83. The van der Waals surface area contributed by atoms with Gasteiger partial charge in [0.15, 0.2) is 5.65 Å². The predicted octanol–water partition coefficient (Wildman–Crippen LogP) is 2.33. The second-order valence-corrected chi connectivity index (χ2v) is 5.28. The minimum Gasteiger partial charge on any atom is -0.343 e. The van der Waals surface area contributed by atoms with Gasteiger partial charge in [0, 0.05) is 6.42 Å². The average molecular weight is 232 g/mol. The van der Waals surface area contributed by atoms with Gasteiger partial charge in [-0.2, -0.15) is 0 Å². The van der Waals surface area contributed by atoms with Crippen molar-refractivity contribution in [3.63, 3.8) is 0 Å². The topological polar surface area (TPSA) is 70.7 Å². The maximum absolute atomic E-state index is 11.7. The molecule has 2 aromatic heterocycles. The SMILES string of the molecule is CC(C)(C)CC(=O)Nc1cnc2nc[nH]c2c1. The van der Waals surface area contributed by atoms with Crippen LogP contribution in [-0.2, 0) is 4.79 Å². The van der Waals surface area contributed by atoms with Crippen molar-refractivity contribution in [2.75, 3.05) is 5.32 Å². The van der Waals surface area contributed by atoms with Crippen molar-refractivity contribution in [3.8, 4) is 0 Å². The first-order chi connectivity index (χ1) is 7.94. The number of anilines is 1. The number of aromatic amines is 1. The van der Waals surface area contributed by atoms with Crippen LogP contribution in [0.25, 0.3) is 11.2 Å². The molecule has 2 rings (SSSR count). The van der Waals surface area contributed by atoms with Crippen LogP contribution >= 0.6 is 0 Å². The van der Waals surface area contributed by atoms with Crippen LogP contribution in [0.5, 0.6) is 0 Å². The molecule has 0 atom stereocenters. The fourth-order valence-electron chi connectivity index (χ4n) is 1.58. The third-order valence-corrected chi connectivity index (χ3v) is 2.25. The molecule has 0 aliphatic carbocycles. The molecule has 0 aliphatic rings. The van der Waals surface area contributed by atoms with E-state index in [0.717, 1.165) is 5.52 Å². The molecule has 0 unspecified atom stereocenters. The molecule has 0 fully saturated rings. The van der Waals surface area contributed by atoms with Crippen molar-refractivity contribution in [2.24, 2.45) is 5.41 Å². The summed E-state index contributed by atoms with van der Waals surface area (Å²) >= 11 is 0. The molecule has 0 saturated heterocycles. The summed E-state index contributed by atoms with van der Waals surface area (Å²) in [6.07, 6.45) is 3.68. The molecule has 0 aromatic carbocycles. The van der Waals surface area contributed by atoms with Crippen LogP contribution in [-0.4, -0.2) is 20.9 Å². The number of carbonyl (C=O) groups excluding carboxylic acids is 1. The Labute approximate surface area is 99.7 Å². The molecule has 0 spiro atoms. The van der Waals surface area contributed by atoms with Gasteiger partial charge in [-0.3, -0.25) is 4.79 Å². The summed E-state index contributed by atoms with van der Waals surface area (Å²) in [5.74, 6) is -0.00170. The van der Waals surface area contributed by atoms with Gasteiger partial charge in [-0.15, -0.1) is 0 Å². The second-order valence-electron chi connectivity index (χ2n) is 5.28. The molecule has 5 heteroatoms. The first kappa shape index (κ1) is 11.6. The number of rotatable bonds is 2. The number of carbonyl (C=O) groups is 1. The monoisotopic (exact) mass is 232 g/mol. The molecular formula is C12H16N4O. The molecule has 0 radical (unpaired) electrons. The van der Waals surface area contributed by atoms with Crippen molar-refractivity contribution >= 4 is 22.8 Å². The molecule has 0 aliphatic heterocycles. The van der Waals surface area contributed by atoms with Gasteiger partial charge in [0.2, 0.25) is 5.91 Å². The Kier molecular flexibility index (Phi) is 2.83. The van der Waals surface area contributed by atoms with Crippen LogP contribution in [0.4, 0.5) is 5.69 Å². The van der Waals surface area contributed by atoms with Crippen molar-refractivity contribution < 1.29 is 4.79 Å². The Balaban J connectivity index is 2.10. The van der Waals surface area contributed by atoms with Crippen molar-refractivity contribution in [1.82, 2.24) is 15.0 Å². The Hall–Kier alpha value is -1.91. The molecule has 2 heterocycles. The standard InChI is InChI=1S/C12H16N4O/c1-12(2,3)5-10(17)16-8-4-9-11(13-6-8)15-7-14-9/h4,6-7H,5H2,1-3H3,(H,16,17)(H,13,14,15). The van der Waals surface area contributed by atoms with E-state index >= 15 is 0 Å². The predicted molar refractivity (Wildman–Crippen MR) is 66.6 cm³/mol. The lowest BCUT2D eigenvalue weighted by Crippen LogP contribution is -2.19. The third-order valence-electron chi connectivity index (χ3n) is 2.25. The van der Waals surface area contributed by atoms with E-state index in [-0.39, 0.29) is 11.3 Å². The normalized spacial score (nSPS) is 11.7. The summed E-state index contributed by atoms with van der Waals surface area (Å²) < 4.78 is 0. The first-order valence-corrected chi connectivity index (χ1v) is 5.53. The number of nitrogens with zero attached hydrogens (tertiary/aromatic N) is 2. The van der Waals surface area contributed by atoms with E-state index in [1.807, 2.05) is 26.8 Å². The number of H-pyrrole nitrogens is 1. The summed E-state index contributed by atoms with van der Waals surface area (Å²) in [7, 11) is 0. The zero-order valence-electron chi connectivity index (χ0n) is 10.2. The third kappa shape index (κ3) is 3.03. The highest BCUT2D eigenvalue weighted by atomic mass is 16.1. The lowest BCUT2D eigenvalue weighted by Gasteiger charge is -2.17. The van der Waals surface area contributed by atoms with Crippen LogP contribution < -0.4 is 5.32 Å². The van der Waals surface area contributed by atoms with Gasteiger partial charge in [-0.25, -0.2) is 9.97 Å². The Morgan fingerprint density at radius 2 is 2.18 bits per heavy atom. The molecule has 0 saturated carbocycles. The van der Waals surface area contributed by atoms with Crippen LogP contribution in [0, 0.1) is 5.41 Å². The summed E-state index contributed by atoms with van der Waals surface area (Å²) in [6.45, 7) is 6.09. The average Bonchev–Trinajstić information content (AvgIpc) is 2.61. The Bertz CT molecular complexity index is 539. The van der Waals surface area contributed by atoms with Gasteiger partial charge in [0.1, 0.15) is 0 Å². The quantitative estimate of drug-likeness (QED) is 0.834. The zero-order valence-corrected chi connectivity index (χ0v) is 10.2. The minimum atomic E-state index is -0.0183. The lowest BCUT2D eigenvalue weighted by molar-refractivity contribution is -0.117. The molecule has 1 amide bonds. The maximum atomic E-state index is 11.7. The highest BCUT2D eigenvalue weighted by Crippen LogP contribution is 2.20. The molecule has 2 N–H and O–H groups in total.